The Morgan fingerprint density at radius 3 is 2.14 bits per heavy atom. The second-order valence-corrected chi connectivity index (χ2v) is 11.9. The van der Waals surface area contributed by atoms with Gasteiger partial charge in [-0.25, -0.2) is 4.21 Å². The number of amides is 1. The van der Waals surface area contributed by atoms with Gasteiger partial charge < -0.3 is 10.4 Å². The zero-order valence-corrected chi connectivity index (χ0v) is 23.3. The average molecular weight is 590 g/mol. The lowest BCUT2D eigenvalue weighted by Gasteiger charge is -2.25. The molecule has 0 saturated carbocycles. The number of hydrogen-bond donors (Lipinski definition) is 2. The van der Waals surface area contributed by atoms with Crippen LogP contribution in [-0.2, 0) is 16.2 Å². The molecule has 0 aliphatic rings. The molecule has 0 aliphatic carbocycles. The molecular weight excluding hydrogens is 570 g/mol. The number of hydrogen-bond acceptors (Lipinski definition) is 5. The molecule has 0 radical (unpaired) electrons. The van der Waals surface area contributed by atoms with E-state index in [-0.39, 0.29) is 58.1 Å². The largest absolute Gasteiger partial charge is 0.507 e. The molecule has 1 atom stereocenters. The number of nitrogens with one attached hydrogen (secondary N) is 1. The number of carbonyl (C=O) groups excluding carboxylic acids is 1. The number of benzene rings is 3. The van der Waals surface area contributed by atoms with E-state index in [0.717, 1.165) is 6.07 Å². The van der Waals surface area contributed by atoms with Crippen LogP contribution in [0.1, 0.15) is 42.3 Å². The van der Waals surface area contributed by atoms with Crippen molar-refractivity contribution in [2.24, 2.45) is 0 Å². The third kappa shape index (κ3) is 5.63. The lowest BCUT2D eigenvalue weighted by molar-refractivity contribution is -0.384. The average Bonchev–Trinajstić information content (AvgIpc) is 2.76. The zero-order valence-electron chi connectivity index (χ0n) is 19.4. The van der Waals surface area contributed by atoms with Gasteiger partial charge in [-0.05, 0) is 42.2 Å². The predicted octanol–water partition coefficient (Wildman–Crippen LogP) is 7.94. The summed E-state index contributed by atoms with van der Waals surface area (Å²) in [7, 11) is -1.90. The summed E-state index contributed by atoms with van der Waals surface area (Å²) in [6, 6.07) is 7.90. The molecule has 12 heteroatoms. The van der Waals surface area contributed by atoms with E-state index in [1.165, 1.54) is 31.2 Å². The van der Waals surface area contributed by atoms with Crippen molar-refractivity contribution in [1.82, 2.24) is 0 Å². The van der Waals surface area contributed by atoms with Crippen molar-refractivity contribution >= 4 is 74.5 Å². The van der Waals surface area contributed by atoms with Crippen LogP contribution in [0, 0.1) is 17.0 Å². The van der Waals surface area contributed by atoms with Crippen LogP contribution in [0.5, 0.6) is 5.75 Å². The molecule has 190 valence electrons. The zero-order chi connectivity index (χ0) is 27.1. The number of rotatable bonds is 5. The maximum absolute atomic E-state index is 13.7. The molecule has 1 amide bonds. The summed E-state index contributed by atoms with van der Waals surface area (Å²) in [5, 5.41) is 25.1. The topological polar surface area (TPSA) is 110 Å². The number of non-ortho nitro benzene ring substituents is 1. The Bertz CT molecular complexity index is 1440. The third-order valence-electron chi connectivity index (χ3n) is 5.33. The van der Waals surface area contributed by atoms with Crippen molar-refractivity contribution < 1.29 is 19.0 Å². The van der Waals surface area contributed by atoms with E-state index in [4.69, 9.17) is 46.4 Å². The summed E-state index contributed by atoms with van der Waals surface area (Å²) >= 11 is 24.5. The van der Waals surface area contributed by atoms with E-state index < -0.39 is 27.0 Å². The van der Waals surface area contributed by atoms with Crippen molar-refractivity contribution in [2.75, 3.05) is 5.32 Å². The highest BCUT2D eigenvalue weighted by molar-refractivity contribution is 7.85. The van der Waals surface area contributed by atoms with Gasteiger partial charge in [0, 0.05) is 22.6 Å². The van der Waals surface area contributed by atoms with Gasteiger partial charge in [-0.15, -0.1) is 0 Å². The number of nitro benzene ring substituents is 1. The number of halogens is 4. The monoisotopic (exact) mass is 588 g/mol. The van der Waals surface area contributed by atoms with Crippen LogP contribution in [0.15, 0.2) is 46.2 Å². The van der Waals surface area contributed by atoms with E-state index in [1.54, 1.807) is 6.07 Å². The predicted molar refractivity (Wildman–Crippen MR) is 144 cm³/mol. The molecular formula is C24H20Cl4N2O5S. The summed E-state index contributed by atoms with van der Waals surface area (Å²) in [6.45, 7) is 7.01. The Morgan fingerprint density at radius 2 is 1.58 bits per heavy atom. The summed E-state index contributed by atoms with van der Waals surface area (Å²) in [5.41, 5.74) is -0.316. The number of anilines is 1. The van der Waals surface area contributed by atoms with Crippen LogP contribution in [0.3, 0.4) is 0 Å². The van der Waals surface area contributed by atoms with Gasteiger partial charge in [-0.3, -0.25) is 14.9 Å². The Hall–Kier alpha value is -2.36. The van der Waals surface area contributed by atoms with Crippen LogP contribution >= 0.6 is 46.4 Å². The van der Waals surface area contributed by atoms with Crippen molar-refractivity contribution in [3.63, 3.8) is 0 Å². The highest BCUT2D eigenvalue weighted by Crippen LogP contribution is 2.41. The second-order valence-electron chi connectivity index (χ2n) is 8.86. The molecule has 0 aliphatic heterocycles. The molecule has 2 N–H and O–H groups in total. The van der Waals surface area contributed by atoms with Crippen molar-refractivity contribution in [2.45, 2.75) is 42.9 Å². The van der Waals surface area contributed by atoms with Gasteiger partial charge >= 0.3 is 0 Å². The minimum absolute atomic E-state index is 0.0620. The highest BCUT2D eigenvalue weighted by Gasteiger charge is 2.30. The molecule has 1 unspecified atom stereocenters. The summed E-state index contributed by atoms with van der Waals surface area (Å²) in [6.07, 6.45) is 0. The van der Waals surface area contributed by atoms with E-state index in [2.05, 4.69) is 5.32 Å². The Balaban J connectivity index is 2.18. The van der Waals surface area contributed by atoms with Crippen molar-refractivity contribution in [3.8, 4) is 5.75 Å². The maximum Gasteiger partial charge on any atom is 0.271 e. The van der Waals surface area contributed by atoms with E-state index in [0.29, 0.717) is 5.56 Å². The standard InChI is InChI=1S/C24H20Cl4N2O5S/c1-11-19(36(35)20-10-15(26)14(25)9-17(20)28)8-13(24(2,3)4)22(31)21(11)23(32)29-18-6-5-12(30(33)34)7-16(18)27/h5-10,31H,1-4H3,(H,29,32). The molecule has 0 saturated heterocycles. The summed E-state index contributed by atoms with van der Waals surface area (Å²) in [5.74, 6) is -1.04. The molecule has 0 heterocycles. The Morgan fingerprint density at radius 1 is 0.972 bits per heavy atom. The number of aromatic hydroxyl groups is 1. The van der Waals surface area contributed by atoms with Crippen molar-refractivity contribution in [3.05, 3.63) is 83.3 Å². The van der Waals surface area contributed by atoms with Crippen LogP contribution in [0.2, 0.25) is 20.1 Å². The summed E-state index contributed by atoms with van der Waals surface area (Å²) in [4.78, 5) is 24.1. The van der Waals surface area contributed by atoms with Gasteiger partial charge in [-0.1, -0.05) is 67.2 Å². The molecule has 0 bridgehead atoms. The maximum atomic E-state index is 13.7. The van der Waals surface area contributed by atoms with Gasteiger partial charge in [-0.2, -0.15) is 0 Å². The van der Waals surface area contributed by atoms with Crippen LogP contribution < -0.4 is 5.32 Å². The van der Waals surface area contributed by atoms with Crippen LogP contribution in [0.4, 0.5) is 11.4 Å². The van der Waals surface area contributed by atoms with Gasteiger partial charge in [0.15, 0.2) is 0 Å². The first-order valence-electron chi connectivity index (χ1n) is 10.3. The lowest BCUT2D eigenvalue weighted by atomic mass is 9.84. The number of carbonyl (C=O) groups is 1. The Kier molecular flexibility index (Phi) is 8.27. The van der Waals surface area contributed by atoms with E-state index in [9.17, 15) is 24.2 Å². The minimum atomic E-state index is -1.90. The van der Waals surface area contributed by atoms with E-state index in [1.807, 2.05) is 20.8 Å². The third-order valence-corrected chi connectivity index (χ3v) is 8.35. The number of nitrogens with zero attached hydrogens (tertiary/aromatic N) is 1. The van der Waals surface area contributed by atoms with Gasteiger partial charge in [0.1, 0.15) is 5.75 Å². The molecule has 0 aromatic heterocycles. The SMILES string of the molecule is Cc1c(S(=O)c2cc(Cl)c(Cl)cc2Cl)cc(C(C)(C)C)c(O)c1C(=O)Nc1ccc([N+](=O)[O-])cc1Cl. The smallest absolute Gasteiger partial charge is 0.271 e. The highest BCUT2D eigenvalue weighted by atomic mass is 35.5. The Labute approximate surface area is 229 Å². The quantitative estimate of drug-likeness (QED) is 0.178. The van der Waals surface area contributed by atoms with E-state index >= 15 is 0 Å². The normalized spacial score (nSPS) is 12.3. The van der Waals surface area contributed by atoms with Crippen molar-refractivity contribution in [1.29, 1.82) is 0 Å². The number of phenols is 1. The molecule has 3 aromatic carbocycles. The van der Waals surface area contributed by atoms with Gasteiger partial charge in [0.25, 0.3) is 11.6 Å². The minimum Gasteiger partial charge on any atom is -0.507 e. The summed E-state index contributed by atoms with van der Waals surface area (Å²) < 4.78 is 13.7. The molecule has 3 aromatic rings. The fourth-order valence-corrected chi connectivity index (χ4v) is 5.80. The molecule has 0 spiro atoms. The first-order chi connectivity index (χ1) is 16.6. The molecule has 7 nitrogen and oxygen atoms in total. The molecule has 0 fully saturated rings. The fraction of sp³-hybridized carbons (Fsp3) is 0.208. The molecule has 3 rings (SSSR count). The lowest BCUT2D eigenvalue weighted by Crippen LogP contribution is -2.20. The first kappa shape index (κ1) is 28.2. The fourth-order valence-electron chi connectivity index (χ4n) is 3.45. The number of phenolic OH excluding ortho intramolecular Hbond substituents is 1. The van der Waals surface area contributed by atoms with Crippen LogP contribution in [0.25, 0.3) is 0 Å². The molecule has 36 heavy (non-hydrogen) atoms. The van der Waals surface area contributed by atoms with Gasteiger partial charge in [0.05, 0.1) is 52.0 Å². The van der Waals surface area contributed by atoms with Gasteiger partial charge in [0.2, 0.25) is 0 Å². The van der Waals surface area contributed by atoms with Crippen LogP contribution in [-0.4, -0.2) is 20.1 Å². The number of nitro groups is 1. The first-order valence-corrected chi connectivity index (χ1v) is 13.0. The second kappa shape index (κ2) is 10.6.